The molecule has 0 fully saturated rings. The Labute approximate surface area is 173 Å². The summed E-state index contributed by atoms with van der Waals surface area (Å²) < 4.78 is 5.28. The van der Waals surface area contributed by atoms with E-state index in [1.54, 1.807) is 38.3 Å². The number of carbonyl (C=O) groups is 1. The molecule has 2 aromatic carbocycles. The average molecular weight is 404 g/mol. The lowest BCUT2D eigenvalue weighted by Gasteiger charge is -2.30. The molecule has 0 saturated carbocycles. The molecule has 8 nitrogen and oxygen atoms in total. The molecule has 0 spiro atoms. The molecule has 4 rings (SSSR count). The molecule has 2 aliphatic rings. The number of esters is 1. The molecule has 2 heterocycles. The number of nitro benzene ring substituents is 1. The van der Waals surface area contributed by atoms with Crippen molar-refractivity contribution in [3.8, 4) is 0 Å². The van der Waals surface area contributed by atoms with E-state index in [0.29, 0.717) is 28.2 Å². The predicted octanol–water partition coefficient (Wildman–Crippen LogP) is 4.16. The lowest BCUT2D eigenvalue weighted by molar-refractivity contribution is -0.385. The van der Waals surface area contributed by atoms with Crippen LogP contribution in [0.1, 0.15) is 25.3 Å². The summed E-state index contributed by atoms with van der Waals surface area (Å²) in [4.78, 5) is 28.7. The molecule has 0 bridgehead atoms. The highest BCUT2D eigenvalue weighted by molar-refractivity contribution is 5.99. The van der Waals surface area contributed by atoms with E-state index in [4.69, 9.17) is 4.74 Å². The van der Waals surface area contributed by atoms with Crippen LogP contribution in [0.25, 0.3) is 0 Å². The minimum Gasteiger partial charge on any atom is -0.463 e. The van der Waals surface area contributed by atoms with Crippen LogP contribution in [0.2, 0.25) is 0 Å². The summed E-state index contributed by atoms with van der Waals surface area (Å²) in [6.07, 6.45) is 1.65. The number of rotatable bonds is 4. The number of ether oxygens (including phenoxy) is 1. The molecule has 2 aliphatic heterocycles. The molecule has 1 unspecified atom stereocenters. The molecular weight excluding hydrogens is 384 g/mol. The van der Waals surface area contributed by atoms with Gasteiger partial charge < -0.3 is 15.4 Å². The summed E-state index contributed by atoms with van der Waals surface area (Å²) in [5.74, 6) is -0.614. The van der Waals surface area contributed by atoms with Gasteiger partial charge >= 0.3 is 5.97 Å². The van der Waals surface area contributed by atoms with Crippen LogP contribution in [0.5, 0.6) is 0 Å². The number of para-hydroxylation sites is 3. The number of nitro groups is 1. The van der Waals surface area contributed by atoms with Gasteiger partial charge in [0, 0.05) is 29.1 Å². The third kappa shape index (κ3) is 3.32. The van der Waals surface area contributed by atoms with Gasteiger partial charge in [-0.3, -0.25) is 15.1 Å². The first-order valence-electron chi connectivity index (χ1n) is 9.53. The number of dihydropyridines is 1. The van der Waals surface area contributed by atoms with Crippen LogP contribution < -0.4 is 10.6 Å². The van der Waals surface area contributed by atoms with Gasteiger partial charge in [-0.2, -0.15) is 0 Å². The van der Waals surface area contributed by atoms with Gasteiger partial charge in [-0.1, -0.05) is 30.3 Å². The number of hydrogen-bond acceptors (Lipinski definition) is 7. The van der Waals surface area contributed by atoms with Crippen molar-refractivity contribution >= 4 is 29.2 Å². The summed E-state index contributed by atoms with van der Waals surface area (Å²) in [6.45, 7) is 3.68. The van der Waals surface area contributed by atoms with Crippen LogP contribution in [-0.4, -0.2) is 23.7 Å². The van der Waals surface area contributed by atoms with E-state index in [1.807, 2.05) is 24.3 Å². The highest BCUT2D eigenvalue weighted by Gasteiger charge is 2.38. The molecule has 2 aromatic rings. The van der Waals surface area contributed by atoms with Gasteiger partial charge in [-0.15, -0.1) is 0 Å². The Morgan fingerprint density at radius 2 is 1.90 bits per heavy atom. The van der Waals surface area contributed by atoms with Gasteiger partial charge in [-0.05, 0) is 26.0 Å². The van der Waals surface area contributed by atoms with Crippen LogP contribution in [0.3, 0.4) is 0 Å². The van der Waals surface area contributed by atoms with E-state index in [9.17, 15) is 14.9 Å². The lowest BCUT2D eigenvalue weighted by Crippen LogP contribution is -2.33. The van der Waals surface area contributed by atoms with Crippen molar-refractivity contribution in [1.82, 2.24) is 5.32 Å². The van der Waals surface area contributed by atoms with Gasteiger partial charge in [0.15, 0.2) is 0 Å². The first kappa shape index (κ1) is 19.4. The number of aliphatic imine (C=N–C) groups is 1. The monoisotopic (exact) mass is 404 g/mol. The van der Waals surface area contributed by atoms with Crippen LogP contribution in [0.4, 0.5) is 17.1 Å². The van der Waals surface area contributed by atoms with Crippen molar-refractivity contribution in [3.63, 3.8) is 0 Å². The molecular formula is C22H20N4O4. The smallest absolute Gasteiger partial charge is 0.336 e. The van der Waals surface area contributed by atoms with Gasteiger partial charge in [0.2, 0.25) is 0 Å². The molecule has 152 valence electrons. The molecule has 0 aliphatic carbocycles. The van der Waals surface area contributed by atoms with Crippen LogP contribution in [0, 0.1) is 10.1 Å². The van der Waals surface area contributed by atoms with Crippen LogP contribution in [-0.2, 0) is 9.53 Å². The van der Waals surface area contributed by atoms with Crippen molar-refractivity contribution in [2.75, 3.05) is 11.9 Å². The van der Waals surface area contributed by atoms with E-state index in [0.717, 1.165) is 11.4 Å². The zero-order valence-electron chi connectivity index (χ0n) is 16.5. The molecule has 0 saturated heterocycles. The number of anilines is 1. The summed E-state index contributed by atoms with van der Waals surface area (Å²) in [6, 6.07) is 14.0. The van der Waals surface area contributed by atoms with Crippen molar-refractivity contribution in [3.05, 3.63) is 86.9 Å². The predicted molar refractivity (Wildman–Crippen MR) is 114 cm³/mol. The standard InChI is InChI=1S/C22H20N4O4/c1-3-30-22(27)19-13(2)24-21-15(12-23-16-9-5-6-10-17(16)25-21)20(19)14-8-4-7-11-18(14)26(28)29/h4-12,20,24-25H,3H2,1-2H3. The van der Waals surface area contributed by atoms with Crippen molar-refractivity contribution in [1.29, 1.82) is 0 Å². The summed E-state index contributed by atoms with van der Waals surface area (Å²) in [7, 11) is 0. The molecule has 2 N–H and O–H groups in total. The van der Waals surface area contributed by atoms with E-state index >= 15 is 0 Å². The number of fused-ring (bicyclic) bond motifs is 1. The maximum Gasteiger partial charge on any atom is 0.336 e. The van der Waals surface area contributed by atoms with Crippen LogP contribution in [0.15, 0.2) is 76.2 Å². The van der Waals surface area contributed by atoms with Crippen molar-refractivity contribution in [2.24, 2.45) is 4.99 Å². The fourth-order valence-corrected chi connectivity index (χ4v) is 3.75. The number of nitrogens with zero attached hydrogens (tertiary/aromatic N) is 2. The van der Waals surface area contributed by atoms with E-state index in [-0.39, 0.29) is 12.3 Å². The minimum absolute atomic E-state index is 0.0685. The van der Waals surface area contributed by atoms with Crippen molar-refractivity contribution < 1.29 is 14.5 Å². The Balaban J connectivity index is 1.93. The zero-order valence-corrected chi connectivity index (χ0v) is 16.5. The normalized spacial score (nSPS) is 17.3. The molecule has 30 heavy (non-hydrogen) atoms. The highest BCUT2D eigenvalue weighted by Crippen LogP contribution is 2.43. The lowest BCUT2D eigenvalue weighted by atomic mass is 9.81. The van der Waals surface area contributed by atoms with Crippen LogP contribution >= 0.6 is 0 Å². The Hall–Kier alpha value is -3.94. The van der Waals surface area contributed by atoms with E-state index in [2.05, 4.69) is 15.6 Å². The minimum atomic E-state index is -0.715. The Morgan fingerprint density at radius 3 is 2.67 bits per heavy atom. The summed E-state index contributed by atoms with van der Waals surface area (Å²) >= 11 is 0. The largest absolute Gasteiger partial charge is 0.463 e. The molecule has 0 radical (unpaired) electrons. The second-order valence-corrected chi connectivity index (χ2v) is 6.86. The van der Waals surface area contributed by atoms with Crippen molar-refractivity contribution in [2.45, 2.75) is 19.8 Å². The fourth-order valence-electron chi connectivity index (χ4n) is 3.75. The summed E-state index contributed by atoms with van der Waals surface area (Å²) in [5, 5.41) is 18.3. The topological polar surface area (TPSA) is 106 Å². The molecule has 8 heteroatoms. The number of benzene rings is 2. The first-order valence-corrected chi connectivity index (χ1v) is 9.53. The maximum atomic E-state index is 12.9. The fraction of sp³-hybridized carbons (Fsp3) is 0.182. The third-order valence-electron chi connectivity index (χ3n) is 5.05. The molecule has 1 atom stereocenters. The molecule has 0 aromatic heterocycles. The Kier molecular flexibility index (Phi) is 5.05. The molecule has 0 amide bonds. The van der Waals surface area contributed by atoms with Gasteiger partial charge in [0.25, 0.3) is 5.69 Å². The second-order valence-electron chi connectivity index (χ2n) is 6.86. The zero-order chi connectivity index (χ0) is 21.3. The quantitative estimate of drug-likeness (QED) is 0.450. The van der Waals surface area contributed by atoms with Gasteiger partial charge in [0.1, 0.15) is 5.82 Å². The van der Waals surface area contributed by atoms with E-state index in [1.165, 1.54) is 6.07 Å². The van der Waals surface area contributed by atoms with Gasteiger partial charge in [0.05, 0.1) is 34.4 Å². The van der Waals surface area contributed by atoms with E-state index < -0.39 is 16.8 Å². The SMILES string of the molecule is CCOC(=O)C1=C(C)NC2=C(C=Nc3ccccc3N2)C1c1ccccc1[N+](=O)[O-]. The number of carbonyl (C=O) groups excluding carboxylic acids is 1. The maximum absolute atomic E-state index is 12.9. The third-order valence-corrected chi connectivity index (χ3v) is 5.05. The highest BCUT2D eigenvalue weighted by atomic mass is 16.6. The first-order chi connectivity index (χ1) is 14.5. The Morgan fingerprint density at radius 1 is 1.17 bits per heavy atom. The number of nitrogens with one attached hydrogen (secondary N) is 2. The second kappa shape index (κ2) is 7.82. The number of hydrogen-bond donors (Lipinski definition) is 2. The average Bonchev–Trinajstić information content (AvgIpc) is 2.91. The van der Waals surface area contributed by atoms with Gasteiger partial charge in [-0.25, -0.2) is 4.79 Å². The summed E-state index contributed by atoms with van der Waals surface area (Å²) in [5.41, 5.74) is 3.36. The number of allylic oxidation sites excluding steroid dienone is 2. The Bertz CT molecular complexity index is 1130.